The maximum absolute atomic E-state index is 5.59. The molecule has 0 radical (unpaired) electrons. The topological polar surface area (TPSA) is 30.5 Å². The lowest BCUT2D eigenvalue weighted by molar-refractivity contribution is 0.0384. The Balaban J connectivity index is 1.96. The minimum Gasteiger partial charge on any atom is -0.497 e. The number of hydrogen-bond donors (Lipinski definition) is 1. The second-order valence-corrected chi connectivity index (χ2v) is 5.33. The molecule has 3 nitrogen and oxygen atoms in total. The number of benzene rings is 1. The minimum absolute atomic E-state index is 0.339. The monoisotopic (exact) mass is 263 g/mol. The molecule has 1 aliphatic rings. The Labute approximate surface area is 116 Å². The summed E-state index contributed by atoms with van der Waals surface area (Å²) in [6.07, 6.45) is 5.32. The van der Waals surface area contributed by atoms with Gasteiger partial charge in [-0.05, 0) is 37.5 Å². The van der Waals surface area contributed by atoms with Crippen LogP contribution in [0.15, 0.2) is 24.3 Å². The first-order valence-electron chi connectivity index (χ1n) is 7.17. The lowest BCUT2D eigenvalue weighted by Crippen LogP contribution is -2.44. The third-order valence-corrected chi connectivity index (χ3v) is 4.09. The van der Waals surface area contributed by atoms with E-state index < -0.39 is 0 Å². The molecule has 19 heavy (non-hydrogen) atoms. The molecule has 0 amide bonds. The van der Waals surface area contributed by atoms with Crippen LogP contribution in [0.4, 0.5) is 0 Å². The summed E-state index contributed by atoms with van der Waals surface area (Å²) in [5.74, 6) is 0.906. The third kappa shape index (κ3) is 3.71. The van der Waals surface area contributed by atoms with Crippen LogP contribution in [0.2, 0.25) is 0 Å². The maximum Gasteiger partial charge on any atom is 0.118 e. The smallest absolute Gasteiger partial charge is 0.118 e. The molecular formula is C16H25NO2. The van der Waals surface area contributed by atoms with Gasteiger partial charge in [-0.2, -0.15) is 0 Å². The van der Waals surface area contributed by atoms with Crippen molar-refractivity contribution in [3.8, 4) is 5.75 Å². The summed E-state index contributed by atoms with van der Waals surface area (Å²) in [4.78, 5) is 0. The maximum atomic E-state index is 5.59. The van der Waals surface area contributed by atoms with E-state index in [0.717, 1.165) is 5.75 Å². The van der Waals surface area contributed by atoms with E-state index in [1.54, 1.807) is 7.11 Å². The molecule has 0 heterocycles. The summed E-state index contributed by atoms with van der Waals surface area (Å²) in [5, 5.41) is 3.71. The van der Waals surface area contributed by atoms with E-state index in [9.17, 15) is 0 Å². The Morgan fingerprint density at radius 3 is 2.42 bits per heavy atom. The zero-order chi connectivity index (χ0) is 13.7. The van der Waals surface area contributed by atoms with Crippen molar-refractivity contribution < 1.29 is 9.47 Å². The van der Waals surface area contributed by atoms with Crippen molar-refractivity contribution in [2.75, 3.05) is 14.2 Å². The highest BCUT2D eigenvalue weighted by atomic mass is 16.5. The average Bonchev–Trinajstić information content (AvgIpc) is 2.48. The first-order valence-corrected chi connectivity index (χ1v) is 7.17. The first kappa shape index (κ1) is 14.4. The van der Waals surface area contributed by atoms with E-state index in [0.29, 0.717) is 18.2 Å². The molecule has 1 aromatic rings. The van der Waals surface area contributed by atoms with Gasteiger partial charge in [0.25, 0.3) is 0 Å². The zero-order valence-electron chi connectivity index (χ0n) is 12.2. The molecule has 1 saturated carbocycles. The van der Waals surface area contributed by atoms with Crippen molar-refractivity contribution in [3.05, 3.63) is 29.8 Å². The Morgan fingerprint density at radius 1 is 1.11 bits per heavy atom. The van der Waals surface area contributed by atoms with E-state index in [4.69, 9.17) is 9.47 Å². The highest BCUT2D eigenvalue weighted by Gasteiger charge is 2.26. The van der Waals surface area contributed by atoms with Crippen molar-refractivity contribution in [1.29, 1.82) is 0 Å². The Morgan fingerprint density at radius 2 is 1.79 bits per heavy atom. The van der Waals surface area contributed by atoms with Crippen LogP contribution >= 0.6 is 0 Å². The fourth-order valence-electron chi connectivity index (χ4n) is 2.88. The van der Waals surface area contributed by atoms with Crippen molar-refractivity contribution in [2.24, 2.45) is 0 Å². The molecule has 0 saturated heterocycles. The van der Waals surface area contributed by atoms with Gasteiger partial charge in [-0.3, -0.25) is 0 Å². The average molecular weight is 263 g/mol. The Kier molecular flexibility index (Phi) is 5.23. The van der Waals surface area contributed by atoms with Crippen molar-refractivity contribution in [2.45, 2.75) is 50.8 Å². The largest absolute Gasteiger partial charge is 0.497 e. The summed E-state index contributed by atoms with van der Waals surface area (Å²) < 4.78 is 10.8. The van der Waals surface area contributed by atoms with Gasteiger partial charge in [0.1, 0.15) is 5.75 Å². The minimum atomic E-state index is 0.339. The number of rotatable bonds is 5. The Bertz CT molecular complexity index is 377. The van der Waals surface area contributed by atoms with Crippen LogP contribution in [0.25, 0.3) is 0 Å². The van der Waals surface area contributed by atoms with Crippen LogP contribution in [0.1, 0.15) is 44.2 Å². The number of nitrogens with one attached hydrogen (secondary N) is 1. The van der Waals surface area contributed by atoms with E-state index in [2.05, 4.69) is 24.4 Å². The molecule has 2 rings (SSSR count). The fraction of sp³-hybridized carbons (Fsp3) is 0.625. The zero-order valence-corrected chi connectivity index (χ0v) is 12.2. The van der Waals surface area contributed by atoms with Gasteiger partial charge in [-0.15, -0.1) is 0 Å². The van der Waals surface area contributed by atoms with Crippen LogP contribution < -0.4 is 10.1 Å². The molecule has 0 aliphatic heterocycles. The first-order chi connectivity index (χ1) is 9.24. The van der Waals surface area contributed by atoms with Crippen LogP contribution in [0.3, 0.4) is 0 Å². The molecule has 1 aromatic carbocycles. The third-order valence-electron chi connectivity index (χ3n) is 4.09. The molecule has 0 spiro atoms. The second-order valence-electron chi connectivity index (χ2n) is 5.33. The number of ether oxygens (including phenoxy) is 2. The molecule has 2 unspecified atom stereocenters. The van der Waals surface area contributed by atoms with E-state index in [-0.39, 0.29) is 0 Å². The van der Waals surface area contributed by atoms with Gasteiger partial charge in [0.2, 0.25) is 0 Å². The van der Waals surface area contributed by atoms with Gasteiger partial charge < -0.3 is 14.8 Å². The van der Waals surface area contributed by atoms with Gasteiger partial charge in [-0.1, -0.05) is 25.0 Å². The summed E-state index contributed by atoms with van der Waals surface area (Å²) in [6.45, 7) is 2.21. The lowest BCUT2D eigenvalue weighted by Gasteiger charge is -2.33. The Hall–Kier alpha value is -1.06. The second kappa shape index (κ2) is 6.92. The summed E-state index contributed by atoms with van der Waals surface area (Å²) >= 11 is 0. The SMILES string of the molecule is COc1ccc([C@H](C)NC2CCCCC2OC)cc1. The van der Waals surface area contributed by atoms with Gasteiger partial charge in [-0.25, -0.2) is 0 Å². The number of methoxy groups -OCH3 is 2. The molecule has 1 N–H and O–H groups in total. The van der Waals surface area contributed by atoms with E-state index in [1.165, 1.54) is 31.2 Å². The number of hydrogen-bond acceptors (Lipinski definition) is 3. The highest BCUT2D eigenvalue weighted by Crippen LogP contribution is 2.24. The van der Waals surface area contributed by atoms with Gasteiger partial charge >= 0.3 is 0 Å². The summed E-state index contributed by atoms with van der Waals surface area (Å²) in [6, 6.07) is 9.09. The van der Waals surface area contributed by atoms with Crippen molar-refractivity contribution >= 4 is 0 Å². The molecular weight excluding hydrogens is 238 g/mol. The molecule has 3 atom stereocenters. The van der Waals surface area contributed by atoms with Gasteiger partial charge in [0, 0.05) is 19.2 Å². The predicted octanol–water partition coefficient (Wildman–Crippen LogP) is 3.30. The van der Waals surface area contributed by atoms with E-state index >= 15 is 0 Å². The fourth-order valence-corrected chi connectivity index (χ4v) is 2.88. The summed E-state index contributed by atoms with van der Waals surface area (Å²) in [7, 11) is 3.52. The van der Waals surface area contributed by atoms with Crippen LogP contribution in [0.5, 0.6) is 5.75 Å². The highest BCUT2D eigenvalue weighted by molar-refractivity contribution is 5.28. The lowest BCUT2D eigenvalue weighted by atomic mass is 9.91. The van der Waals surface area contributed by atoms with Gasteiger partial charge in [0.15, 0.2) is 0 Å². The molecule has 3 heteroatoms. The molecule has 0 bridgehead atoms. The quantitative estimate of drug-likeness (QED) is 0.884. The standard InChI is InChI=1S/C16H25NO2/c1-12(13-8-10-14(18-2)11-9-13)17-15-6-4-5-7-16(15)19-3/h8-12,15-17H,4-7H2,1-3H3/t12-,15?,16?/m0/s1. The van der Waals surface area contributed by atoms with E-state index in [1.807, 2.05) is 19.2 Å². The van der Waals surface area contributed by atoms with Crippen LogP contribution in [-0.2, 0) is 4.74 Å². The van der Waals surface area contributed by atoms with Crippen molar-refractivity contribution in [1.82, 2.24) is 5.32 Å². The molecule has 1 fully saturated rings. The molecule has 1 aliphatic carbocycles. The summed E-state index contributed by atoms with van der Waals surface area (Å²) in [5.41, 5.74) is 1.29. The van der Waals surface area contributed by atoms with Gasteiger partial charge in [0.05, 0.1) is 13.2 Å². The normalized spacial score (nSPS) is 25.0. The van der Waals surface area contributed by atoms with Crippen LogP contribution in [0, 0.1) is 0 Å². The predicted molar refractivity (Wildman–Crippen MR) is 77.6 cm³/mol. The van der Waals surface area contributed by atoms with Crippen LogP contribution in [-0.4, -0.2) is 26.4 Å². The molecule has 106 valence electrons. The van der Waals surface area contributed by atoms with Crippen molar-refractivity contribution in [3.63, 3.8) is 0 Å². The molecule has 0 aromatic heterocycles.